The Hall–Kier alpha value is -3.32. The minimum absolute atomic E-state index is 0.271. The Balaban J connectivity index is 1.58. The van der Waals surface area contributed by atoms with Gasteiger partial charge in [-0.25, -0.2) is 4.98 Å². The van der Waals surface area contributed by atoms with E-state index in [2.05, 4.69) is 31.5 Å². The maximum atomic E-state index is 12.9. The first kappa shape index (κ1) is 20.9. The molecule has 0 spiro atoms. The summed E-state index contributed by atoms with van der Waals surface area (Å²) < 4.78 is 12.2. The van der Waals surface area contributed by atoms with E-state index < -0.39 is 0 Å². The summed E-state index contributed by atoms with van der Waals surface area (Å²) in [5, 5.41) is 7.03. The van der Waals surface area contributed by atoms with Crippen LogP contribution in [0.1, 0.15) is 28.5 Å². The van der Waals surface area contributed by atoms with E-state index in [0.29, 0.717) is 24.6 Å². The Kier molecular flexibility index (Phi) is 6.23. The molecule has 0 aliphatic carbocycles. The predicted octanol–water partition coefficient (Wildman–Crippen LogP) is 5.97. The number of aryl methyl sites for hydroxylation is 1. The first-order valence-electron chi connectivity index (χ1n) is 9.95. The average Bonchev–Trinajstić information content (AvgIpc) is 3.25. The minimum Gasteiger partial charge on any atom is -0.494 e. The Bertz CT molecular complexity index is 1240. The minimum atomic E-state index is -0.292. The van der Waals surface area contributed by atoms with Crippen LogP contribution in [0.15, 0.2) is 69.8 Å². The van der Waals surface area contributed by atoms with Gasteiger partial charge in [0.15, 0.2) is 0 Å². The quantitative estimate of drug-likeness (QED) is 0.341. The summed E-state index contributed by atoms with van der Waals surface area (Å²) in [4.78, 5) is 17.4. The number of benzene rings is 2. The number of rotatable bonds is 7. The Labute approximate surface area is 188 Å². The summed E-state index contributed by atoms with van der Waals surface area (Å²) in [5.41, 5.74) is 3.73. The Morgan fingerprint density at radius 3 is 2.81 bits per heavy atom. The highest BCUT2D eigenvalue weighted by atomic mass is 79.9. The summed E-state index contributed by atoms with van der Waals surface area (Å²) in [6.45, 7) is 4.84. The van der Waals surface area contributed by atoms with Gasteiger partial charge in [-0.3, -0.25) is 4.79 Å². The van der Waals surface area contributed by atoms with Gasteiger partial charge in [0.05, 0.1) is 18.3 Å². The van der Waals surface area contributed by atoms with Crippen LogP contribution < -0.4 is 15.4 Å². The molecule has 0 saturated carbocycles. The van der Waals surface area contributed by atoms with E-state index in [1.54, 1.807) is 12.3 Å². The number of pyridine rings is 1. The van der Waals surface area contributed by atoms with Gasteiger partial charge < -0.3 is 19.8 Å². The van der Waals surface area contributed by atoms with Crippen molar-refractivity contribution in [2.45, 2.75) is 20.4 Å². The summed E-state index contributed by atoms with van der Waals surface area (Å²) in [6.07, 6.45) is 1.59. The second-order valence-electron chi connectivity index (χ2n) is 7.00. The van der Waals surface area contributed by atoms with Gasteiger partial charge in [-0.2, -0.15) is 0 Å². The number of ether oxygens (including phenoxy) is 1. The number of aromatic nitrogens is 1. The van der Waals surface area contributed by atoms with Crippen molar-refractivity contribution in [1.82, 2.24) is 10.3 Å². The maximum absolute atomic E-state index is 12.9. The fourth-order valence-electron chi connectivity index (χ4n) is 3.25. The Morgan fingerprint density at radius 2 is 2.00 bits per heavy atom. The molecule has 6 nitrogen and oxygen atoms in total. The van der Waals surface area contributed by atoms with E-state index in [0.717, 1.165) is 32.4 Å². The van der Waals surface area contributed by atoms with Crippen molar-refractivity contribution in [3.05, 3.63) is 82.2 Å². The van der Waals surface area contributed by atoms with E-state index in [1.165, 1.54) is 0 Å². The number of furan rings is 1. The summed E-state index contributed by atoms with van der Waals surface area (Å²) in [7, 11) is 0. The molecule has 0 saturated heterocycles. The highest BCUT2D eigenvalue weighted by Gasteiger charge is 2.15. The second-order valence-corrected chi connectivity index (χ2v) is 7.86. The lowest BCUT2D eigenvalue weighted by Gasteiger charge is -2.12. The average molecular weight is 480 g/mol. The largest absolute Gasteiger partial charge is 0.494 e. The number of hydrogen-bond acceptors (Lipinski definition) is 5. The molecular formula is C24H22BrN3O3. The van der Waals surface area contributed by atoms with Crippen molar-refractivity contribution in [3.63, 3.8) is 0 Å². The van der Waals surface area contributed by atoms with Crippen LogP contribution in [0.5, 0.6) is 5.75 Å². The molecule has 158 valence electrons. The zero-order valence-electron chi connectivity index (χ0n) is 17.2. The van der Waals surface area contributed by atoms with Gasteiger partial charge in [0, 0.05) is 28.3 Å². The van der Waals surface area contributed by atoms with Gasteiger partial charge in [-0.15, -0.1) is 0 Å². The van der Waals surface area contributed by atoms with Crippen molar-refractivity contribution in [2.75, 3.05) is 11.9 Å². The van der Waals surface area contributed by atoms with Crippen molar-refractivity contribution >= 4 is 44.3 Å². The molecule has 7 heteroatoms. The summed E-state index contributed by atoms with van der Waals surface area (Å²) in [6, 6.07) is 17.0. The monoisotopic (exact) mass is 479 g/mol. The molecule has 0 bridgehead atoms. The van der Waals surface area contributed by atoms with E-state index in [4.69, 9.17) is 9.15 Å². The standard InChI is InChI=1S/C24H22BrN3O3/c1-3-30-21-7-5-4-6-16(21)14-26-24(29)20-13-22-18(10-11-31-22)23(28-20)27-17-8-9-19(25)15(2)12-17/h4-13H,3,14H2,1-2H3,(H,26,29)(H,27,28). The SMILES string of the molecule is CCOc1ccccc1CNC(=O)c1cc2occc2c(Nc2ccc(Br)c(C)c2)n1. The lowest BCUT2D eigenvalue weighted by molar-refractivity contribution is 0.0946. The molecule has 2 N–H and O–H groups in total. The first-order chi connectivity index (χ1) is 15.0. The van der Waals surface area contributed by atoms with Crippen molar-refractivity contribution in [2.24, 2.45) is 0 Å². The molecule has 2 heterocycles. The molecule has 0 aliphatic rings. The first-order valence-corrected chi connectivity index (χ1v) is 10.7. The number of carbonyl (C=O) groups excluding carboxylic acids is 1. The van der Waals surface area contributed by atoms with Crippen LogP contribution in [0, 0.1) is 6.92 Å². The molecular weight excluding hydrogens is 458 g/mol. The summed E-state index contributed by atoms with van der Waals surface area (Å²) >= 11 is 3.51. The fourth-order valence-corrected chi connectivity index (χ4v) is 3.50. The third-order valence-corrected chi connectivity index (χ3v) is 5.71. The molecule has 0 atom stereocenters. The van der Waals surface area contributed by atoms with Gasteiger partial charge in [-0.05, 0) is 49.7 Å². The number of nitrogens with zero attached hydrogens (tertiary/aromatic N) is 1. The third-order valence-electron chi connectivity index (χ3n) is 4.82. The van der Waals surface area contributed by atoms with Crippen molar-refractivity contribution < 1.29 is 13.9 Å². The predicted molar refractivity (Wildman–Crippen MR) is 125 cm³/mol. The van der Waals surface area contributed by atoms with Gasteiger partial charge in [0.25, 0.3) is 5.91 Å². The molecule has 0 aliphatic heterocycles. The topological polar surface area (TPSA) is 76.4 Å². The number of carbonyl (C=O) groups is 1. The fraction of sp³-hybridized carbons (Fsp3) is 0.167. The number of halogens is 1. The van der Waals surface area contributed by atoms with E-state index in [9.17, 15) is 4.79 Å². The highest BCUT2D eigenvalue weighted by molar-refractivity contribution is 9.10. The van der Waals surface area contributed by atoms with Crippen molar-refractivity contribution in [3.8, 4) is 5.75 Å². The van der Waals surface area contributed by atoms with Crippen LogP contribution in [-0.4, -0.2) is 17.5 Å². The van der Waals surface area contributed by atoms with Gasteiger partial charge in [0.2, 0.25) is 0 Å². The van der Waals surface area contributed by atoms with E-state index >= 15 is 0 Å². The van der Waals surface area contributed by atoms with Crippen LogP contribution >= 0.6 is 15.9 Å². The van der Waals surface area contributed by atoms with Crippen LogP contribution in [0.25, 0.3) is 11.0 Å². The van der Waals surface area contributed by atoms with Crippen LogP contribution in [0.3, 0.4) is 0 Å². The molecule has 0 radical (unpaired) electrons. The van der Waals surface area contributed by atoms with Gasteiger partial charge in [0.1, 0.15) is 22.8 Å². The maximum Gasteiger partial charge on any atom is 0.270 e. The highest BCUT2D eigenvalue weighted by Crippen LogP contribution is 2.28. The third kappa shape index (κ3) is 4.72. The van der Waals surface area contributed by atoms with Gasteiger partial charge in [-0.1, -0.05) is 34.1 Å². The number of hydrogen-bond donors (Lipinski definition) is 2. The molecule has 1 amide bonds. The van der Waals surface area contributed by atoms with Crippen LogP contribution in [0.4, 0.5) is 11.5 Å². The molecule has 4 rings (SSSR count). The second kappa shape index (κ2) is 9.22. The zero-order chi connectivity index (χ0) is 21.8. The molecule has 31 heavy (non-hydrogen) atoms. The number of nitrogens with one attached hydrogen (secondary N) is 2. The molecule has 2 aromatic heterocycles. The van der Waals surface area contributed by atoms with E-state index in [-0.39, 0.29) is 11.6 Å². The lowest BCUT2D eigenvalue weighted by Crippen LogP contribution is -2.24. The Morgan fingerprint density at radius 1 is 1.16 bits per heavy atom. The smallest absolute Gasteiger partial charge is 0.270 e. The van der Waals surface area contributed by atoms with Crippen LogP contribution in [-0.2, 0) is 6.54 Å². The zero-order valence-corrected chi connectivity index (χ0v) is 18.8. The number of para-hydroxylation sites is 1. The van der Waals surface area contributed by atoms with Gasteiger partial charge >= 0.3 is 0 Å². The van der Waals surface area contributed by atoms with Crippen molar-refractivity contribution in [1.29, 1.82) is 0 Å². The number of anilines is 2. The van der Waals surface area contributed by atoms with Crippen LogP contribution in [0.2, 0.25) is 0 Å². The molecule has 2 aromatic carbocycles. The van der Waals surface area contributed by atoms with E-state index in [1.807, 2.05) is 62.4 Å². The number of fused-ring (bicyclic) bond motifs is 1. The lowest BCUT2D eigenvalue weighted by atomic mass is 10.2. The molecule has 0 unspecified atom stereocenters. The molecule has 4 aromatic rings. The molecule has 0 fully saturated rings. The normalized spacial score (nSPS) is 10.8. The summed E-state index contributed by atoms with van der Waals surface area (Å²) in [5.74, 6) is 1.03. The number of amides is 1.